The summed E-state index contributed by atoms with van der Waals surface area (Å²) in [6.45, 7) is 0. The summed E-state index contributed by atoms with van der Waals surface area (Å²) in [5, 5.41) is 7.50. The zero-order chi connectivity index (χ0) is 59.2. The van der Waals surface area contributed by atoms with Crippen LogP contribution in [0.3, 0.4) is 0 Å². The SMILES string of the molecule is c1ccc(-n2ccc3ccc4c(c5ccccc5n4-c4ccc(N5c6ccccc6Sc6ccccc65)cc4)c32)cc1.c1ccc(N2c3ccccc3N(c3cccc(-n4c5ccccc5c5c6c(ccc54)ccn6-c4ccccc4)c3)c3ccccc32)cc1. The molecule has 8 heteroatoms. The Hall–Kier alpha value is -11.7. The monoisotopic (exact) mass is 1170 g/mol. The van der Waals surface area contributed by atoms with Gasteiger partial charge in [-0.1, -0.05) is 169 Å². The fourth-order valence-electron chi connectivity index (χ4n) is 14.1. The third-order valence-corrected chi connectivity index (χ3v) is 19.1. The van der Waals surface area contributed by atoms with Gasteiger partial charge in [-0.25, -0.2) is 0 Å². The Bertz CT molecular complexity index is 5510. The Kier molecular flexibility index (Phi) is 12.0. The van der Waals surface area contributed by atoms with Crippen LogP contribution in [0.1, 0.15) is 0 Å². The van der Waals surface area contributed by atoms with Crippen LogP contribution in [0, 0.1) is 0 Å². The highest BCUT2D eigenvalue weighted by atomic mass is 32.2. The summed E-state index contributed by atoms with van der Waals surface area (Å²) < 4.78 is 9.48. The van der Waals surface area contributed by atoms with Gasteiger partial charge in [-0.15, -0.1) is 0 Å². The molecule has 0 N–H and O–H groups in total. The summed E-state index contributed by atoms with van der Waals surface area (Å²) in [5.41, 5.74) is 22.3. The van der Waals surface area contributed by atoms with E-state index >= 15 is 0 Å². The first-order chi connectivity index (χ1) is 44.7. The zero-order valence-corrected chi connectivity index (χ0v) is 49.6. The maximum Gasteiger partial charge on any atom is 0.0703 e. The standard InChI is InChI=1S/C44H30N4.C38H25N3S/c1-3-14-32(15-4-1)45-29-28-31-26-27-42-43(44(31)45)36-20-7-8-21-37(36)47(42)34-18-13-19-35(30-34)48-40-24-11-9-22-38(40)46(33-16-5-2-6-17-33)39-23-10-12-25-41(39)48;1-2-10-27(11-3-1)39-25-24-26-18-23-34-37(38(26)39)30-12-4-5-13-31(30)40(34)28-19-21-29(22-20-28)41-32-14-6-8-16-35(32)42-36-17-9-7-15-33(36)41/h1-30H;1-25H. The fourth-order valence-corrected chi connectivity index (χ4v) is 15.2. The van der Waals surface area contributed by atoms with Gasteiger partial charge in [0.2, 0.25) is 0 Å². The van der Waals surface area contributed by atoms with Gasteiger partial charge in [-0.05, 0) is 164 Å². The summed E-state index contributed by atoms with van der Waals surface area (Å²) in [6, 6.07) is 116. The van der Waals surface area contributed by atoms with Gasteiger partial charge < -0.3 is 33.0 Å². The van der Waals surface area contributed by atoms with E-state index in [1.165, 1.54) is 92.3 Å². The molecule has 0 aliphatic carbocycles. The Balaban J connectivity index is 0.000000135. The zero-order valence-electron chi connectivity index (χ0n) is 48.8. The molecule has 0 unspecified atom stereocenters. The number of aromatic nitrogens is 4. The minimum absolute atomic E-state index is 1.11. The van der Waals surface area contributed by atoms with Crippen LogP contribution >= 0.6 is 11.8 Å². The molecule has 0 bridgehead atoms. The molecule has 0 amide bonds. The van der Waals surface area contributed by atoms with Crippen molar-refractivity contribution in [1.82, 2.24) is 18.3 Å². The van der Waals surface area contributed by atoms with Crippen LogP contribution in [0.15, 0.2) is 344 Å². The van der Waals surface area contributed by atoms with Gasteiger partial charge in [0.25, 0.3) is 0 Å². The highest BCUT2D eigenvalue weighted by Crippen LogP contribution is 2.55. The fraction of sp³-hybridized carbons (Fsp3) is 0. The first kappa shape index (κ1) is 51.5. The predicted molar refractivity (Wildman–Crippen MR) is 377 cm³/mol. The number of hydrogen-bond donors (Lipinski definition) is 0. The van der Waals surface area contributed by atoms with E-state index in [4.69, 9.17) is 0 Å². The summed E-state index contributed by atoms with van der Waals surface area (Å²) in [7, 11) is 0. The molecule has 424 valence electrons. The minimum atomic E-state index is 1.11. The number of benzene rings is 13. The van der Waals surface area contributed by atoms with Crippen molar-refractivity contribution in [3.8, 4) is 22.7 Å². The van der Waals surface area contributed by atoms with E-state index in [0.29, 0.717) is 0 Å². The van der Waals surface area contributed by atoms with Crippen LogP contribution in [0.5, 0.6) is 0 Å². The van der Waals surface area contributed by atoms with E-state index in [-0.39, 0.29) is 0 Å². The van der Waals surface area contributed by atoms with Gasteiger partial charge in [0.05, 0.1) is 67.2 Å². The van der Waals surface area contributed by atoms with Crippen molar-refractivity contribution in [3.63, 3.8) is 0 Å². The third kappa shape index (κ3) is 8.15. The van der Waals surface area contributed by atoms with Crippen LogP contribution in [-0.4, -0.2) is 18.3 Å². The maximum atomic E-state index is 2.42. The largest absolute Gasteiger partial charge is 0.316 e. The van der Waals surface area contributed by atoms with E-state index in [2.05, 4.69) is 367 Å². The number of para-hydroxylation sites is 11. The first-order valence-electron chi connectivity index (χ1n) is 30.6. The normalized spacial score (nSPS) is 12.6. The molecule has 4 aromatic heterocycles. The van der Waals surface area contributed by atoms with Crippen molar-refractivity contribution >= 4 is 128 Å². The van der Waals surface area contributed by atoms with Gasteiger partial charge >= 0.3 is 0 Å². The van der Waals surface area contributed by atoms with E-state index in [1.807, 2.05) is 11.8 Å². The quantitative estimate of drug-likeness (QED) is 0.159. The molecule has 7 nitrogen and oxygen atoms in total. The molecule has 2 aliphatic rings. The van der Waals surface area contributed by atoms with Gasteiger partial charge in [-0.3, -0.25) is 0 Å². The maximum absolute atomic E-state index is 2.42. The second-order valence-corrected chi connectivity index (χ2v) is 24.0. The van der Waals surface area contributed by atoms with Gasteiger partial charge in [0.15, 0.2) is 0 Å². The lowest BCUT2D eigenvalue weighted by molar-refractivity contribution is 1.13. The third-order valence-electron chi connectivity index (χ3n) is 17.9. The second kappa shape index (κ2) is 21.0. The van der Waals surface area contributed by atoms with E-state index < -0.39 is 0 Å². The molecular weight excluding hydrogens is 1120 g/mol. The summed E-state index contributed by atoms with van der Waals surface area (Å²) >= 11 is 1.84. The molecule has 0 spiro atoms. The molecule has 0 radical (unpaired) electrons. The minimum Gasteiger partial charge on any atom is -0.316 e. The summed E-state index contributed by atoms with van der Waals surface area (Å²) in [5.74, 6) is 0. The predicted octanol–water partition coefficient (Wildman–Crippen LogP) is 22.6. The van der Waals surface area contributed by atoms with E-state index in [0.717, 1.165) is 56.9 Å². The van der Waals surface area contributed by atoms with Gasteiger partial charge in [0, 0.05) is 94.3 Å². The lowest BCUT2D eigenvalue weighted by Crippen LogP contribution is -2.23. The Morgan fingerprint density at radius 2 is 0.578 bits per heavy atom. The molecule has 90 heavy (non-hydrogen) atoms. The number of nitrogens with zero attached hydrogens (tertiary/aromatic N) is 7. The van der Waals surface area contributed by atoms with Crippen molar-refractivity contribution in [2.24, 2.45) is 0 Å². The molecule has 0 atom stereocenters. The number of anilines is 9. The number of fused-ring (bicyclic) bond motifs is 14. The lowest BCUT2D eigenvalue weighted by atomic mass is 10.0. The number of rotatable bonds is 7. The molecule has 17 aromatic rings. The average Bonchev–Trinajstić information content (AvgIpc) is 1.50. The van der Waals surface area contributed by atoms with E-state index in [9.17, 15) is 0 Å². The van der Waals surface area contributed by atoms with Crippen LogP contribution in [-0.2, 0) is 0 Å². The van der Waals surface area contributed by atoms with Crippen LogP contribution < -0.4 is 14.7 Å². The van der Waals surface area contributed by atoms with E-state index in [1.54, 1.807) is 0 Å². The Morgan fingerprint density at radius 3 is 1.08 bits per heavy atom. The van der Waals surface area contributed by atoms with Crippen molar-refractivity contribution in [1.29, 1.82) is 0 Å². The molecule has 0 fully saturated rings. The Labute approximate surface area is 524 Å². The first-order valence-corrected chi connectivity index (χ1v) is 31.4. The molecular formula is C82H55N7S. The lowest BCUT2D eigenvalue weighted by Gasteiger charge is -2.40. The van der Waals surface area contributed by atoms with Crippen molar-refractivity contribution in [3.05, 3.63) is 334 Å². The molecule has 2 aliphatic heterocycles. The van der Waals surface area contributed by atoms with Crippen molar-refractivity contribution in [2.45, 2.75) is 9.79 Å². The topological polar surface area (TPSA) is 29.4 Å². The van der Waals surface area contributed by atoms with Crippen LogP contribution in [0.2, 0.25) is 0 Å². The highest BCUT2D eigenvalue weighted by Gasteiger charge is 2.31. The average molecular weight is 1170 g/mol. The molecule has 19 rings (SSSR count). The molecule has 0 saturated carbocycles. The van der Waals surface area contributed by atoms with Crippen LogP contribution in [0.4, 0.5) is 51.2 Å². The van der Waals surface area contributed by atoms with Gasteiger partial charge in [0.1, 0.15) is 0 Å². The van der Waals surface area contributed by atoms with Crippen LogP contribution in [0.25, 0.3) is 88.2 Å². The van der Waals surface area contributed by atoms with Crippen molar-refractivity contribution < 1.29 is 0 Å². The second-order valence-electron chi connectivity index (χ2n) is 22.9. The summed E-state index contributed by atoms with van der Waals surface area (Å²) in [4.78, 5) is 9.69. The molecule has 6 heterocycles. The molecule has 0 saturated heterocycles. The Morgan fingerprint density at radius 1 is 0.222 bits per heavy atom. The smallest absolute Gasteiger partial charge is 0.0703 e. The molecule has 13 aromatic carbocycles. The summed E-state index contributed by atoms with van der Waals surface area (Å²) in [6.07, 6.45) is 4.38. The van der Waals surface area contributed by atoms with Gasteiger partial charge in [-0.2, -0.15) is 0 Å². The highest BCUT2D eigenvalue weighted by molar-refractivity contribution is 7.99. The van der Waals surface area contributed by atoms with Crippen molar-refractivity contribution in [2.75, 3.05) is 14.7 Å². The number of hydrogen-bond acceptors (Lipinski definition) is 4.